The molecule has 648 valence electrons. The van der Waals surface area contributed by atoms with Crippen molar-refractivity contribution >= 4 is 12.2 Å². The molecular formula is C81H152N2O27. The normalized spacial score (nSPS) is 20.7. The molecule has 110 heavy (non-hydrogen) atoms. The zero-order valence-electron chi connectivity index (χ0n) is 69.4. The van der Waals surface area contributed by atoms with Gasteiger partial charge in [0.05, 0.1) is 304 Å². The maximum absolute atomic E-state index is 12.8. The number of hydrogen-bond acceptors (Lipinski definition) is 27. The molecule has 2 amide bonds. The lowest BCUT2D eigenvalue weighted by Crippen LogP contribution is -2.51. The number of nitrogens with one attached hydrogen (secondary N) is 2. The molecule has 0 radical (unpaired) electrons. The predicted octanol–water partition coefficient (Wildman–Crippen LogP) is 9.03. The van der Waals surface area contributed by atoms with Gasteiger partial charge in [0.1, 0.15) is 11.7 Å². The van der Waals surface area contributed by atoms with Crippen molar-refractivity contribution < 1.29 is 128 Å². The van der Waals surface area contributed by atoms with Crippen LogP contribution in [0.5, 0.6) is 0 Å². The highest BCUT2D eigenvalue weighted by Gasteiger charge is 2.59. The van der Waals surface area contributed by atoms with Gasteiger partial charge in [-0.2, -0.15) is 0 Å². The van der Waals surface area contributed by atoms with Crippen LogP contribution in [-0.2, 0) is 118 Å². The minimum atomic E-state index is -0.523. The van der Waals surface area contributed by atoms with Crippen LogP contribution in [0.15, 0.2) is 11.6 Å². The number of carbonyl (C=O) groups is 2. The van der Waals surface area contributed by atoms with Gasteiger partial charge in [-0.25, -0.2) is 9.59 Å². The van der Waals surface area contributed by atoms with Gasteiger partial charge >= 0.3 is 12.2 Å². The molecule has 29 heteroatoms. The van der Waals surface area contributed by atoms with E-state index in [2.05, 4.69) is 51.3 Å². The van der Waals surface area contributed by atoms with Gasteiger partial charge in [-0.15, -0.1) is 0 Å². The topological polar surface area (TPSA) is 289 Å². The second-order valence-electron chi connectivity index (χ2n) is 30.0. The summed E-state index contributed by atoms with van der Waals surface area (Å²) in [6, 6.07) is 0. The summed E-state index contributed by atoms with van der Waals surface area (Å²) < 4.78 is 139. The van der Waals surface area contributed by atoms with Gasteiger partial charge in [-0.1, -0.05) is 65.5 Å². The van der Waals surface area contributed by atoms with E-state index in [1.165, 1.54) is 51.4 Å². The van der Waals surface area contributed by atoms with Crippen LogP contribution < -0.4 is 10.6 Å². The van der Waals surface area contributed by atoms with Crippen LogP contribution in [0.1, 0.15) is 126 Å². The quantitative estimate of drug-likeness (QED) is 0.0424. The number of alkyl carbamates (subject to hydrolysis) is 2. The Morgan fingerprint density at radius 3 is 0.955 bits per heavy atom. The summed E-state index contributed by atoms with van der Waals surface area (Å²) in [4.78, 5) is 24.3. The monoisotopic (exact) mass is 1590 g/mol. The van der Waals surface area contributed by atoms with Crippen molar-refractivity contribution in [2.24, 2.45) is 46.3 Å². The molecule has 29 nitrogen and oxygen atoms in total. The van der Waals surface area contributed by atoms with Crippen LogP contribution in [0.2, 0.25) is 0 Å². The summed E-state index contributed by atoms with van der Waals surface area (Å²) in [7, 11) is 0. The van der Waals surface area contributed by atoms with Gasteiger partial charge < -0.3 is 129 Å². The van der Waals surface area contributed by atoms with Crippen LogP contribution in [0.3, 0.4) is 0 Å². The van der Waals surface area contributed by atoms with Crippen LogP contribution in [-0.4, -0.2) is 341 Å². The molecule has 8 atom stereocenters. The van der Waals surface area contributed by atoms with E-state index >= 15 is 0 Å². The van der Waals surface area contributed by atoms with Crippen molar-refractivity contribution in [2.75, 3.05) is 317 Å². The molecule has 3 saturated carbocycles. The minimum absolute atomic E-state index is 0.0618. The van der Waals surface area contributed by atoms with E-state index in [4.69, 9.17) is 118 Å². The van der Waals surface area contributed by atoms with E-state index < -0.39 is 11.7 Å². The molecule has 0 saturated heterocycles. The van der Waals surface area contributed by atoms with Gasteiger partial charge in [0.2, 0.25) is 0 Å². The molecular weight excluding hydrogens is 1430 g/mol. The average Bonchev–Trinajstić information content (AvgIpc) is 1.43. The number of carbonyl (C=O) groups excluding carboxylic acids is 2. The Labute approximate surface area is 660 Å². The third kappa shape index (κ3) is 50.8. The fourth-order valence-corrected chi connectivity index (χ4v) is 14.7. The summed E-state index contributed by atoms with van der Waals surface area (Å²) in [6.07, 6.45) is 15.5. The first-order chi connectivity index (χ1) is 53.7. The van der Waals surface area contributed by atoms with Crippen LogP contribution in [0, 0.1) is 46.3 Å². The average molecular weight is 1590 g/mol. The van der Waals surface area contributed by atoms with Gasteiger partial charge in [-0.05, 0) is 112 Å². The number of amides is 2. The predicted molar refractivity (Wildman–Crippen MR) is 414 cm³/mol. The first-order valence-electron chi connectivity index (χ1n) is 41.6. The molecule has 4 aliphatic rings. The highest BCUT2D eigenvalue weighted by atomic mass is 16.6. The first-order valence-corrected chi connectivity index (χ1v) is 41.6. The summed E-state index contributed by atoms with van der Waals surface area (Å²) in [5.41, 5.74) is 1.76. The smallest absolute Gasteiger partial charge is 0.407 e. The summed E-state index contributed by atoms with van der Waals surface area (Å²) in [5, 5.41) is 5.53. The zero-order chi connectivity index (χ0) is 78.8. The van der Waals surface area contributed by atoms with Crippen LogP contribution >= 0.6 is 0 Å². The lowest BCUT2D eigenvalue weighted by atomic mass is 9.47. The Morgan fingerprint density at radius 2 is 0.664 bits per heavy atom. The maximum Gasteiger partial charge on any atom is 0.407 e. The fraction of sp³-hybridized carbons (Fsp3) is 0.951. The largest absolute Gasteiger partial charge is 0.446 e. The Bertz CT molecular complexity index is 2160. The molecule has 0 aromatic rings. The Hall–Kier alpha value is -2.64. The summed E-state index contributed by atoms with van der Waals surface area (Å²) >= 11 is 0. The fourth-order valence-electron chi connectivity index (χ4n) is 14.7. The number of fused-ring (bicyclic) bond motifs is 5. The molecule has 2 N–H and O–H groups in total. The zero-order valence-corrected chi connectivity index (χ0v) is 69.4. The third-order valence-electron chi connectivity index (χ3n) is 20.1. The van der Waals surface area contributed by atoms with Crippen molar-refractivity contribution in [3.8, 4) is 0 Å². The highest BCUT2D eigenvalue weighted by Crippen LogP contribution is 2.67. The molecule has 0 aliphatic heterocycles. The molecule has 0 aromatic carbocycles. The van der Waals surface area contributed by atoms with E-state index in [9.17, 15) is 9.59 Å². The number of hydrogen-bond donors (Lipinski definition) is 2. The van der Waals surface area contributed by atoms with Crippen LogP contribution in [0.4, 0.5) is 9.59 Å². The van der Waals surface area contributed by atoms with E-state index in [-0.39, 0.29) is 17.6 Å². The standard InChI is InChI=1S/C81H152N2O27/c1-69(2)10-9-11-70(3)74-14-15-75-73-13-12-71-68-72(16-18-80(71,7)76(73)17-19-81(74,75)8)109-77(84)82-20-22-86-24-26-88-28-30-90-32-34-92-36-38-94-40-42-96-44-46-98-48-50-100-52-54-102-56-58-104-60-62-106-64-66-108-67-65-107-63-61-105-59-57-103-55-53-101-51-49-99-47-45-97-43-41-95-39-37-93-35-33-91-31-29-89-27-25-87-23-21-83-78(85)110-79(4,5)6/h12,69-70,72-76H,9-11,13-68H2,1-8H3,(H,82,84)(H,83,85)/t70-,72+,73?,74-,75?,76?,80+,81-/m1/s1. The second kappa shape index (κ2) is 67.4. The second-order valence-corrected chi connectivity index (χ2v) is 30.0. The highest BCUT2D eigenvalue weighted by molar-refractivity contribution is 5.67. The van der Waals surface area contributed by atoms with Gasteiger partial charge in [0.25, 0.3) is 0 Å². The van der Waals surface area contributed by atoms with Crippen molar-refractivity contribution in [3.63, 3.8) is 0 Å². The van der Waals surface area contributed by atoms with E-state index in [0.717, 1.165) is 54.8 Å². The molecule has 0 bridgehead atoms. The Morgan fingerprint density at radius 1 is 0.373 bits per heavy atom. The van der Waals surface area contributed by atoms with E-state index in [1.54, 1.807) is 5.57 Å². The van der Waals surface area contributed by atoms with Crippen molar-refractivity contribution in [2.45, 2.75) is 138 Å². The van der Waals surface area contributed by atoms with Gasteiger partial charge in [-0.3, -0.25) is 0 Å². The molecule has 4 rings (SSSR count). The van der Waals surface area contributed by atoms with Crippen molar-refractivity contribution in [1.29, 1.82) is 0 Å². The summed E-state index contributed by atoms with van der Waals surface area (Å²) in [6.45, 7) is 40.3. The molecule has 3 fully saturated rings. The first kappa shape index (κ1) is 99.7. The third-order valence-corrected chi connectivity index (χ3v) is 20.1. The summed E-state index contributed by atoms with van der Waals surface area (Å²) in [5.74, 6) is 4.92. The number of ether oxygens (including phenoxy) is 25. The molecule has 0 heterocycles. The Kier molecular flexibility index (Phi) is 61.1. The molecule has 3 unspecified atom stereocenters. The van der Waals surface area contributed by atoms with E-state index in [0.29, 0.717) is 322 Å². The molecule has 0 aromatic heterocycles. The number of allylic oxidation sites excluding steroid dienone is 1. The maximum atomic E-state index is 12.8. The minimum Gasteiger partial charge on any atom is -0.446 e. The van der Waals surface area contributed by atoms with Crippen molar-refractivity contribution in [1.82, 2.24) is 10.6 Å². The van der Waals surface area contributed by atoms with Crippen LogP contribution in [0.25, 0.3) is 0 Å². The molecule has 0 spiro atoms. The Balaban J connectivity index is 0.723. The SMILES string of the molecule is CC(C)CCC[C@@H](C)[C@H]1CCC2C3CC=C4C[C@@H](OC(=O)NCCOCCOCCOCCOCCOCCOCCOCCOCCOCCOCCOCCOCCOCCOCCOCCOCCOCCOCCOCCOCCOCCOCCOCCNC(=O)OC(C)(C)C)CC[C@]4(C)C3CC[C@@]21C. The lowest BCUT2D eigenvalue weighted by Gasteiger charge is -2.58. The van der Waals surface area contributed by atoms with Gasteiger partial charge in [0.15, 0.2) is 0 Å². The van der Waals surface area contributed by atoms with E-state index in [1.807, 2.05) is 20.8 Å². The molecule has 4 aliphatic carbocycles. The van der Waals surface area contributed by atoms with Crippen molar-refractivity contribution in [3.05, 3.63) is 11.6 Å². The number of rotatable bonds is 78. The van der Waals surface area contributed by atoms with Gasteiger partial charge in [0, 0.05) is 19.5 Å². The lowest BCUT2D eigenvalue weighted by molar-refractivity contribution is -0.0581.